The molecule has 2 aromatic heterocycles. The van der Waals surface area contributed by atoms with Crippen molar-refractivity contribution in [2.75, 3.05) is 5.73 Å². The molecule has 0 saturated carbocycles. The fourth-order valence-electron chi connectivity index (χ4n) is 2.00. The molecule has 80 valence electrons. The number of rotatable bonds is 1. The highest BCUT2D eigenvalue weighted by Gasteiger charge is 2.13. The molecule has 2 rings (SSSR count). The Labute approximate surface area is 89.1 Å². The van der Waals surface area contributed by atoms with Crippen LogP contribution in [0.15, 0.2) is 0 Å². The Hall–Kier alpha value is -1.58. The molecule has 4 nitrogen and oxygen atoms in total. The van der Waals surface area contributed by atoms with Gasteiger partial charge in [0, 0.05) is 12.2 Å². The van der Waals surface area contributed by atoms with Crippen LogP contribution in [0.2, 0.25) is 0 Å². The van der Waals surface area contributed by atoms with Crippen molar-refractivity contribution in [2.24, 2.45) is 0 Å². The number of nitrogen functional groups attached to an aromatic ring is 1. The largest absolute Gasteiger partial charge is 0.382 e. The minimum Gasteiger partial charge on any atom is -0.382 e. The third-order valence-corrected chi connectivity index (χ3v) is 2.90. The standard InChI is InChI=1S/C11H16N4/c1-5-15-8(4)14-9-10(15)6(2)7(3)13-11(9)12/h5H2,1-4H3,(H2,12,13). The zero-order valence-corrected chi connectivity index (χ0v) is 9.63. The zero-order valence-electron chi connectivity index (χ0n) is 9.63. The maximum atomic E-state index is 5.88. The van der Waals surface area contributed by atoms with Crippen molar-refractivity contribution < 1.29 is 0 Å². The highest BCUT2D eigenvalue weighted by atomic mass is 15.1. The highest BCUT2D eigenvalue weighted by Crippen LogP contribution is 2.25. The predicted molar refractivity (Wildman–Crippen MR) is 61.8 cm³/mol. The van der Waals surface area contributed by atoms with Crippen LogP contribution in [0.1, 0.15) is 24.0 Å². The zero-order chi connectivity index (χ0) is 11.2. The van der Waals surface area contributed by atoms with Crippen molar-refractivity contribution in [2.45, 2.75) is 34.2 Å². The SMILES string of the molecule is CCn1c(C)nc2c(N)nc(C)c(C)c21. The Bertz CT molecular complexity index is 525. The number of hydrogen-bond acceptors (Lipinski definition) is 3. The number of pyridine rings is 1. The van der Waals surface area contributed by atoms with E-state index in [2.05, 4.69) is 28.4 Å². The van der Waals surface area contributed by atoms with Crippen molar-refractivity contribution in [3.05, 3.63) is 17.1 Å². The number of imidazole rings is 1. The van der Waals surface area contributed by atoms with Crippen LogP contribution in [-0.2, 0) is 6.54 Å². The second-order valence-electron chi connectivity index (χ2n) is 3.81. The molecule has 15 heavy (non-hydrogen) atoms. The van der Waals surface area contributed by atoms with Crippen LogP contribution in [0.3, 0.4) is 0 Å². The first-order valence-corrected chi connectivity index (χ1v) is 5.15. The van der Waals surface area contributed by atoms with Crippen molar-refractivity contribution >= 4 is 16.9 Å². The maximum Gasteiger partial charge on any atom is 0.151 e. The van der Waals surface area contributed by atoms with Crippen LogP contribution >= 0.6 is 0 Å². The van der Waals surface area contributed by atoms with Crippen molar-refractivity contribution in [1.82, 2.24) is 14.5 Å². The van der Waals surface area contributed by atoms with Crippen molar-refractivity contribution in [3.63, 3.8) is 0 Å². The molecule has 0 bridgehead atoms. The summed E-state index contributed by atoms with van der Waals surface area (Å²) in [4.78, 5) is 8.75. The van der Waals surface area contributed by atoms with E-state index in [1.54, 1.807) is 0 Å². The van der Waals surface area contributed by atoms with Gasteiger partial charge < -0.3 is 10.3 Å². The Morgan fingerprint density at radius 1 is 1.20 bits per heavy atom. The van der Waals surface area contributed by atoms with Crippen molar-refractivity contribution in [1.29, 1.82) is 0 Å². The number of fused-ring (bicyclic) bond motifs is 1. The average molecular weight is 204 g/mol. The van der Waals surface area contributed by atoms with Gasteiger partial charge in [-0.15, -0.1) is 0 Å². The van der Waals surface area contributed by atoms with Crippen LogP contribution in [0.4, 0.5) is 5.82 Å². The second kappa shape index (κ2) is 3.22. The lowest BCUT2D eigenvalue weighted by atomic mass is 10.2. The van der Waals surface area contributed by atoms with E-state index in [0.29, 0.717) is 5.82 Å². The molecule has 0 spiro atoms. The molecule has 0 amide bonds. The van der Waals surface area contributed by atoms with Gasteiger partial charge in [-0.3, -0.25) is 0 Å². The van der Waals surface area contributed by atoms with Crippen LogP contribution in [0, 0.1) is 20.8 Å². The molecular formula is C11H16N4. The highest BCUT2D eigenvalue weighted by molar-refractivity contribution is 5.88. The lowest BCUT2D eigenvalue weighted by Gasteiger charge is -2.07. The normalized spacial score (nSPS) is 11.2. The van der Waals surface area contributed by atoms with Gasteiger partial charge in [-0.2, -0.15) is 0 Å². The van der Waals surface area contributed by atoms with Gasteiger partial charge in [-0.1, -0.05) is 0 Å². The molecule has 2 aromatic rings. The van der Waals surface area contributed by atoms with E-state index in [9.17, 15) is 0 Å². The lowest BCUT2D eigenvalue weighted by Crippen LogP contribution is -2.01. The van der Waals surface area contributed by atoms with Crippen LogP contribution < -0.4 is 5.73 Å². The number of nitrogens with two attached hydrogens (primary N) is 1. The summed E-state index contributed by atoms with van der Waals surface area (Å²) in [5.74, 6) is 1.53. The summed E-state index contributed by atoms with van der Waals surface area (Å²) in [6.07, 6.45) is 0. The van der Waals surface area contributed by atoms with E-state index in [4.69, 9.17) is 5.73 Å². The van der Waals surface area contributed by atoms with E-state index in [-0.39, 0.29) is 0 Å². The van der Waals surface area contributed by atoms with Gasteiger partial charge in [0.05, 0.1) is 5.52 Å². The van der Waals surface area contributed by atoms with E-state index in [1.165, 1.54) is 5.56 Å². The minimum absolute atomic E-state index is 0.531. The number of aromatic nitrogens is 3. The van der Waals surface area contributed by atoms with Crippen LogP contribution in [0.25, 0.3) is 11.0 Å². The summed E-state index contributed by atoms with van der Waals surface area (Å²) >= 11 is 0. The summed E-state index contributed by atoms with van der Waals surface area (Å²) in [5.41, 5.74) is 9.98. The third kappa shape index (κ3) is 1.28. The smallest absolute Gasteiger partial charge is 0.151 e. The predicted octanol–water partition coefficient (Wildman–Crippen LogP) is 1.96. The Kier molecular flexibility index (Phi) is 2.14. The lowest BCUT2D eigenvalue weighted by molar-refractivity contribution is 0.751. The number of nitrogens with zero attached hydrogens (tertiary/aromatic N) is 3. The number of hydrogen-bond donors (Lipinski definition) is 1. The topological polar surface area (TPSA) is 56.7 Å². The first-order valence-electron chi connectivity index (χ1n) is 5.15. The average Bonchev–Trinajstić information content (AvgIpc) is 2.52. The van der Waals surface area contributed by atoms with Gasteiger partial charge in [-0.05, 0) is 33.3 Å². The Morgan fingerprint density at radius 3 is 2.47 bits per heavy atom. The van der Waals surface area contributed by atoms with E-state index >= 15 is 0 Å². The summed E-state index contributed by atoms with van der Waals surface area (Å²) in [7, 11) is 0. The monoisotopic (exact) mass is 204 g/mol. The molecule has 0 saturated heterocycles. The van der Waals surface area contributed by atoms with Gasteiger partial charge in [0.1, 0.15) is 11.3 Å². The van der Waals surface area contributed by atoms with Crippen LogP contribution in [0.5, 0.6) is 0 Å². The molecular weight excluding hydrogens is 188 g/mol. The third-order valence-electron chi connectivity index (χ3n) is 2.90. The van der Waals surface area contributed by atoms with E-state index < -0.39 is 0 Å². The van der Waals surface area contributed by atoms with E-state index in [1.807, 2.05) is 13.8 Å². The van der Waals surface area contributed by atoms with Gasteiger partial charge >= 0.3 is 0 Å². The molecule has 2 heterocycles. The summed E-state index contributed by atoms with van der Waals surface area (Å²) in [5, 5.41) is 0. The first kappa shape index (κ1) is 9.96. The molecule has 4 heteroatoms. The summed E-state index contributed by atoms with van der Waals surface area (Å²) < 4.78 is 2.18. The van der Waals surface area contributed by atoms with Crippen molar-refractivity contribution in [3.8, 4) is 0 Å². The molecule has 0 unspecified atom stereocenters. The molecule has 0 aliphatic rings. The molecule has 0 fully saturated rings. The van der Waals surface area contributed by atoms with Gasteiger partial charge in [0.2, 0.25) is 0 Å². The summed E-state index contributed by atoms with van der Waals surface area (Å²) in [6, 6.07) is 0. The summed E-state index contributed by atoms with van der Waals surface area (Å²) in [6.45, 7) is 9.06. The second-order valence-corrected chi connectivity index (χ2v) is 3.81. The van der Waals surface area contributed by atoms with Gasteiger partial charge in [0.25, 0.3) is 0 Å². The minimum atomic E-state index is 0.531. The molecule has 0 aliphatic heterocycles. The molecule has 0 aromatic carbocycles. The molecule has 0 atom stereocenters. The quantitative estimate of drug-likeness (QED) is 0.772. The number of aryl methyl sites for hydroxylation is 4. The molecule has 0 aliphatic carbocycles. The fourth-order valence-corrected chi connectivity index (χ4v) is 2.00. The van der Waals surface area contributed by atoms with E-state index in [0.717, 1.165) is 29.1 Å². The van der Waals surface area contributed by atoms with Gasteiger partial charge in [0.15, 0.2) is 5.82 Å². The molecule has 2 N–H and O–H groups in total. The first-order chi connectivity index (χ1) is 7.06. The Balaban J connectivity index is 2.97. The van der Waals surface area contributed by atoms with Gasteiger partial charge in [-0.25, -0.2) is 9.97 Å². The maximum absolute atomic E-state index is 5.88. The number of anilines is 1. The fraction of sp³-hybridized carbons (Fsp3) is 0.455. The Morgan fingerprint density at radius 2 is 1.87 bits per heavy atom. The molecule has 0 radical (unpaired) electrons. The van der Waals surface area contributed by atoms with Crippen LogP contribution in [-0.4, -0.2) is 14.5 Å².